The summed E-state index contributed by atoms with van der Waals surface area (Å²) in [5.41, 5.74) is 0. The first-order valence-electron chi connectivity index (χ1n) is 4.63. The molecule has 0 saturated carbocycles. The largest absolute Gasteiger partial charge is 0.452 e. The van der Waals surface area contributed by atoms with Crippen molar-refractivity contribution in [3.63, 3.8) is 0 Å². The smallest absolute Gasteiger partial charge is 0.317 e. The molecule has 0 saturated heterocycles. The van der Waals surface area contributed by atoms with Crippen LogP contribution in [-0.4, -0.2) is 15.9 Å². The van der Waals surface area contributed by atoms with Crippen LogP contribution in [0.25, 0.3) is 0 Å². The molecule has 2 rings (SSSR count). The third kappa shape index (κ3) is 3.50. The number of rotatable bonds is 4. The SMILES string of the molecule is Brc1cnc(OCSc2ccccc2)nc1. The average molecular weight is 297 g/mol. The molecule has 0 fully saturated rings. The van der Waals surface area contributed by atoms with Crippen LogP contribution in [0.2, 0.25) is 0 Å². The summed E-state index contributed by atoms with van der Waals surface area (Å²) in [5.74, 6) is 0.506. The van der Waals surface area contributed by atoms with Crippen LogP contribution in [0, 0.1) is 0 Å². The van der Waals surface area contributed by atoms with E-state index in [4.69, 9.17) is 4.74 Å². The van der Waals surface area contributed by atoms with Crippen molar-refractivity contribution >= 4 is 27.7 Å². The second-order valence-electron chi connectivity index (χ2n) is 2.90. The number of halogens is 1. The number of nitrogens with zero attached hydrogens (tertiary/aromatic N) is 2. The van der Waals surface area contributed by atoms with Crippen molar-refractivity contribution in [2.24, 2.45) is 0 Å². The number of hydrogen-bond acceptors (Lipinski definition) is 4. The van der Waals surface area contributed by atoms with Gasteiger partial charge in [-0.25, -0.2) is 9.97 Å². The van der Waals surface area contributed by atoms with Gasteiger partial charge in [-0.05, 0) is 28.1 Å². The highest BCUT2D eigenvalue weighted by atomic mass is 79.9. The zero-order chi connectivity index (χ0) is 11.2. The Bertz CT molecular complexity index is 435. The van der Waals surface area contributed by atoms with Gasteiger partial charge in [0.15, 0.2) is 0 Å². The third-order valence-corrected chi connectivity index (χ3v) is 3.00. The summed E-state index contributed by atoms with van der Waals surface area (Å²) in [6.45, 7) is 0. The monoisotopic (exact) mass is 296 g/mol. The molecular formula is C11H9BrN2OS. The summed E-state index contributed by atoms with van der Waals surface area (Å²) in [5, 5.41) is 0. The van der Waals surface area contributed by atoms with Gasteiger partial charge < -0.3 is 4.74 Å². The summed E-state index contributed by atoms with van der Waals surface area (Å²) in [6, 6.07) is 10.5. The van der Waals surface area contributed by atoms with Crippen LogP contribution in [0.5, 0.6) is 6.01 Å². The normalized spacial score (nSPS) is 10.1. The Morgan fingerprint density at radius 1 is 1.12 bits per heavy atom. The number of ether oxygens (including phenoxy) is 1. The average Bonchev–Trinajstić information content (AvgIpc) is 2.33. The maximum absolute atomic E-state index is 5.38. The van der Waals surface area contributed by atoms with Gasteiger partial charge in [-0.1, -0.05) is 30.0 Å². The minimum Gasteiger partial charge on any atom is -0.452 e. The summed E-state index contributed by atoms with van der Waals surface area (Å²) in [7, 11) is 0. The lowest BCUT2D eigenvalue weighted by molar-refractivity contribution is 0.359. The van der Waals surface area contributed by atoms with E-state index in [9.17, 15) is 0 Å². The number of benzene rings is 1. The molecule has 2 aromatic rings. The van der Waals surface area contributed by atoms with Gasteiger partial charge >= 0.3 is 6.01 Å². The Kier molecular flexibility index (Phi) is 4.18. The minimum atomic E-state index is 0.395. The molecule has 1 aromatic heterocycles. The molecule has 0 amide bonds. The lowest BCUT2D eigenvalue weighted by atomic mass is 10.4. The Hall–Kier alpha value is -1.07. The van der Waals surface area contributed by atoms with Crippen LogP contribution in [0.3, 0.4) is 0 Å². The Morgan fingerprint density at radius 2 is 1.81 bits per heavy atom. The lowest BCUT2D eigenvalue weighted by Gasteiger charge is -2.03. The lowest BCUT2D eigenvalue weighted by Crippen LogP contribution is -1.97. The predicted octanol–water partition coefficient (Wildman–Crippen LogP) is 3.37. The molecule has 0 N–H and O–H groups in total. The first kappa shape index (κ1) is 11.4. The Labute approximate surface area is 106 Å². The molecule has 0 aliphatic rings. The molecule has 1 aromatic carbocycles. The maximum atomic E-state index is 5.38. The highest BCUT2D eigenvalue weighted by molar-refractivity contribution is 9.10. The molecule has 0 aliphatic carbocycles. The van der Waals surface area contributed by atoms with E-state index < -0.39 is 0 Å². The number of aromatic nitrogens is 2. The Morgan fingerprint density at radius 3 is 2.50 bits per heavy atom. The first-order valence-corrected chi connectivity index (χ1v) is 6.40. The van der Waals surface area contributed by atoms with E-state index in [1.165, 1.54) is 4.90 Å². The van der Waals surface area contributed by atoms with E-state index in [1.54, 1.807) is 24.2 Å². The van der Waals surface area contributed by atoms with Crippen molar-refractivity contribution in [3.05, 3.63) is 47.2 Å². The van der Waals surface area contributed by atoms with E-state index in [0.717, 1.165) is 4.47 Å². The van der Waals surface area contributed by atoms with Crippen LogP contribution in [0.4, 0.5) is 0 Å². The van der Waals surface area contributed by atoms with Gasteiger partial charge in [-0.15, -0.1) is 0 Å². The highest BCUT2D eigenvalue weighted by Gasteiger charge is 1.97. The van der Waals surface area contributed by atoms with Crippen molar-refractivity contribution in [2.45, 2.75) is 4.90 Å². The zero-order valence-corrected chi connectivity index (χ0v) is 10.7. The van der Waals surface area contributed by atoms with E-state index >= 15 is 0 Å². The molecule has 0 atom stereocenters. The van der Waals surface area contributed by atoms with Gasteiger partial charge in [0.25, 0.3) is 0 Å². The van der Waals surface area contributed by atoms with Gasteiger partial charge in [0, 0.05) is 17.3 Å². The van der Waals surface area contributed by atoms with E-state index in [1.807, 2.05) is 30.3 Å². The molecule has 5 heteroatoms. The predicted molar refractivity (Wildman–Crippen MR) is 67.5 cm³/mol. The summed E-state index contributed by atoms with van der Waals surface area (Å²) in [4.78, 5) is 9.20. The van der Waals surface area contributed by atoms with Gasteiger partial charge in [0.05, 0.1) is 4.47 Å². The van der Waals surface area contributed by atoms with Crippen molar-refractivity contribution in [2.75, 3.05) is 5.94 Å². The molecule has 0 radical (unpaired) electrons. The van der Waals surface area contributed by atoms with Crippen LogP contribution in [0.1, 0.15) is 0 Å². The second-order valence-corrected chi connectivity index (χ2v) is 4.81. The van der Waals surface area contributed by atoms with Crippen LogP contribution < -0.4 is 4.74 Å². The second kappa shape index (κ2) is 5.86. The molecule has 0 bridgehead atoms. The van der Waals surface area contributed by atoms with Gasteiger partial charge in [-0.3, -0.25) is 0 Å². The quantitative estimate of drug-likeness (QED) is 0.640. The van der Waals surface area contributed by atoms with Crippen LogP contribution in [0.15, 0.2) is 52.1 Å². The van der Waals surface area contributed by atoms with Crippen molar-refractivity contribution < 1.29 is 4.74 Å². The third-order valence-electron chi connectivity index (χ3n) is 1.75. The topological polar surface area (TPSA) is 35.0 Å². The first-order chi connectivity index (χ1) is 7.84. The van der Waals surface area contributed by atoms with E-state index in [-0.39, 0.29) is 0 Å². The van der Waals surface area contributed by atoms with Crippen LogP contribution in [-0.2, 0) is 0 Å². The molecule has 16 heavy (non-hydrogen) atoms. The van der Waals surface area contributed by atoms with Gasteiger partial charge in [0.1, 0.15) is 5.94 Å². The molecule has 0 unspecified atom stereocenters. The fraction of sp³-hybridized carbons (Fsp3) is 0.0909. The van der Waals surface area contributed by atoms with Crippen LogP contribution >= 0.6 is 27.7 Å². The fourth-order valence-corrected chi connectivity index (χ4v) is 1.90. The summed E-state index contributed by atoms with van der Waals surface area (Å²) < 4.78 is 6.23. The zero-order valence-electron chi connectivity index (χ0n) is 8.34. The van der Waals surface area contributed by atoms with Gasteiger partial charge in [0.2, 0.25) is 0 Å². The molecule has 1 heterocycles. The maximum Gasteiger partial charge on any atom is 0.317 e. The van der Waals surface area contributed by atoms with Crippen molar-refractivity contribution in [1.29, 1.82) is 0 Å². The van der Waals surface area contributed by atoms with E-state index in [0.29, 0.717) is 11.9 Å². The summed E-state index contributed by atoms with van der Waals surface area (Å²) >= 11 is 4.87. The summed E-state index contributed by atoms with van der Waals surface area (Å²) in [6.07, 6.45) is 3.32. The van der Waals surface area contributed by atoms with Gasteiger partial charge in [-0.2, -0.15) is 0 Å². The number of hydrogen-bond donors (Lipinski definition) is 0. The fourth-order valence-electron chi connectivity index (χ4n) is 1.04. The highest BCUT2D eigenvalue weighted by Crippen LogP contribution is 2.17. The standard InChI is InChI=1S/C11H9BrN2OS/c12-9-6-13-11(14-7-9)15-8-16-10-4-2-1-3-5-10/h1-7H,8H2. The van der Waals surface area contributed by atoms with Crippen molar-refractivity contribution in [3.8, 4) is 6.01 Å². The van der Waals surface area contributed by atoms with E-state index in [2.05, 4.69) is 25.9 Å². The molecule has 3 nitrogen and oxygen atoms in total. The minimum absolute atomic E-state index is 0.395. The molecular weight excluding hydrogens is 288 g/mol. The molecule has 82 valence electrons. The molecule has 0 spiro atoms. The molecule has 0 aliphatic heterocycles. The van der Waals surface area contributed by atoms with Crippen molar-refractivity contribution in [1.82, 2.24) is 9.97 Å². The Balaban J connectivity index is 1.82. The number of thioether (sulfide) groups is 1.